The Morgan fingerprint density at radius 2 is 2.44 bits per heavy atom. The van der Waals surface area contributed by atoms with E-state index >= 15 is 0 Å². The molecule has 0 fully saturated rings. The van der Waals surface area contributed by atoms with Crippen LogP contribution in [0.2, 0.25) is 0 Å². The topological polar surface area (TPSA) is 79.6 Å². The molecule has 1 unspecified atom stereocenters. The maximum Gasteiger partial charge on any atom is 0.238 e. The Balaban J connectivity index is 1.98. The summed E-state index contributed by atoms with van der Waals surface area (Å²) in [6.07, 6.45) is 5.13. The molecule has 2 heterocycles. The van der Waals surface area contributed by atoms with Crippen LogP contribution in [0.15, 0.2) is 16.9 Å². The van der Waals surface area contributed by atoms with Crippen molar-refractivity contribution in [2.24, 2.45) is 0 Å². The first-order valence-corrected chi connectivity index (χ1v) is 5.29. The molecule has 0 aliphatic heterocycles. The van der Waals surface area contributed by atoms with E-state index in [0.29, 0.717) is 23.6 Å². The van der Waals surface area contributed by atoms with E-state index in [4.69, 9.17) is 4.52 Å². The van der Waals surface area contributed by atoms with Crippen molar-refractivity contribution in [1.82, 2.24) is 25.4 Å². The van der Waals surface area contributed by atoms with Crippen molar-refractivity contribution in [2.75, 3.05) is 7.05 Å². The quantitative estimate of drug-likeness (QED) is 0.787. The lowest BCUT2D eigenvalue weighted by molar-refractivity contribution is 0.369. The van der Waals surface area contributed by atoms with Crippen LogP contribution in [-0.4, -0.2) is 33.2 Å². The molecule has 2 rings (SSSR count). The summed E-state index contributed by atoms with van der Waals surface area (Å²) in [5.74, 6) is 1.79. The molecule has 6 heteroatoms. The second-order valence-electron chi connectivity index (χ2n) is 3.68. The van der Waals surface area contributed by atoms with Crippen LogP contribution in [0.25, 0.3) is 11.6 Å². The van der Waals surface area contributed by atoms with Crippen molar-refractivity contribution in [3.05, 3.63) is 18.3 Å². The lowest BCUT2D eigenvalue weighted by Gasteiger charge is -2.06. The molecule has 86 valence electrons. The zero-order valence-electron chi connectivity index (χ0n) is 9.40. The second kappa shape index (κ2) is 4.89. The maximum absolute atomic E-state index is 5.13. The van der Waals surface area contributed by atoms with Crippen molar-refractivity contribution >= 4 is 0 Å². The molecule has 2 aromatic heterocycles. The van der Waals surface area contributed by atoms with Gasteiger partial charge in [-0.05, 0) is 20.4 Å². The van der Waals surface area contributed by atoms with Gasteiger partial charge in [0.05, 0.1) is 0 Å². The van der Waals surface area contributed by atoms with Crippen LogP contribution in [0.3, 0.4) is 0 Å². The Labute approximate surface area is 93.5 Å². The summed E-state index contributed by atoms with van der Waals surface area (Å²) in [4.78, 5) is 11.3. The molecule has 0 amide bonds. The molecule has 0 bridgehead atoms. The fourth-order valence-corrected chi connectivity index (χ4v) is 1.32. The third-order valence-corrected chi connectivity index (χ3v) is 2.46. The molecular weight excluding hydrogens is 206 g/mol. The lowest BCUT2D eigenvalue weighted by atomic mass is 10.2. The largest absolute Gasteiger partial charge is 0.342 e. The lowest BCUT2D eigenvalue weighted by Crippen LogP contribution is -2.21. The van der Waals surface area contributed by atoms with Crippen LogP contribution >= 0.6 is 0 Å². The number of hydrogen-bond donors (Lipinski definition) is 2. The minimum absolute atomic E-state index is 0.443. The maximum atomic E-state index is 5.13. The van der Waals surface area contributed by atoms with Gasteiger partial charge in [-0.15, -0.1) is 0 Å². The van der Waals surface area contributed by atoms with E-state index in [1.165, 1.54) is 0 Å². The number of nitrogens with one attached hydrogen (secondary N) is 2. The van der Waals surface area contributed by atoms with Gasteiger partial charge in [0.25, 0.3) is 0 Å². The van der Waals surface area contributed by atoms with E-state index in [0.717, 1.165) is 12.8 Å². The first kappa shape index (κ1) is 10.8. The first-order chi connectivity index (χ1) is 7.79. The van der Waals surface area contributed by atoms with E-state index in [9.17, 15) is 0 Å². The third-order valence-electron chi connectivity index (χ3n) is 2.46. The molecule has 1 atom stereocenters. The van der Waals surface area contributed by atoms with Gasteiger partial charge in [0, 0.05) is 24.9 Å². The number of aromatic amines is 1. The van der Waals surface area contributed by atoms with Gasteiger partial charge in [0.15, 0.2) is 5.82 Å². The summed E-state index contributed by atoms with van der Waals surface area (Å²) in [5, 5.41) is 7.02. The normalized spacial score (nSPS) is 12.9. The zero-order chi connectivity index (χ0) is 11.4. The first-order valence-electron chi connectivity index (χ1n) is 5.29. The summed E-state index contributed by atoms with van der Waals surface area (Å²) in [6, 6.07) is 0.443. The van der Waals surface area contributed by atoms with Gasteiger partial charge >= 0.3 is 0 Å². The number of imidazole rings is 1. The number of nitrogens with zero attached hydrogens (tertiary/aromatic N) is 3. The molecule has 0 saturated carbocycles. The Morgan fingerprint density at radius 1 is 1.56 bits per heavy atom. The predicted octanol–water partition coefficient (Wildman–Crippen LogP) is 1.00. The van der Waals surface area contributed by atoms with Crippen molar-refractivity contribution in [1.29, 1.82) is 0 Å². The van der Waals surface area contributed by atoms with Crippen molar-refractivity contribution < 1.29 is 4.52 Å². The van der Waals surface area contributed by atoms with E-state index in [-0.39, 0.29) is 0 Å². The fraction of sp³-hybridized carbons (Fsp3) is 0.500. The van der Waals surface area contributed by atoms with Crippen LogP contribution in [-0.2, 0) is 6.42 Å². The Hall–Kier alpha value is -1.69. The molecule has 0 radical (unpaired) electrons. The number of aryl methyl sites for hydroxylation is 1. The smallest absolute Gasteiger partial charge is 0.238 e. The molecule has 16 heavy (non-hydrogen) atoms. The van der Waals surface area contributed by atoms with Crippen LogP contribution in [0, 0.1) is 0 Å². The fourth-order valence-electron chi connectivity index (χ4n) is 1.32. The molecule has 0 aliphatic carbocycles. The van der Waals surface area contributed by atoms with Crippen molar-refractivity contribution in [3.63, 3.8) is 0 Å². The van der Waals surface area contributed by atoms with Crippen molar-refractivity contribution in [2.45, 2.75) is 25.8 Å². The molecule has 2 aromatic rings. The number of rotatable bonds is 5. The summed E-state index contributed by atoms with van der Waals surface area (Å²) < 4.78 is 5.13. The minimum atomic E-state index is 0.443. The minimum Gasteiger partial charge on any atom is -0.342 e. The SMILES string of the molecule is CNC(C)CCc1nc(-c2ncc[nH]2)no1. The molecule has 0 spiro atoms. The van der Waals surface area contributed by atoms with E-state index in [1.54, 1.807) is 12.4 Å². The summed E-state index contributed by atoms with van der Waals surface area (Å²) >= 11 is 0. The van der Waals surface area contributed by atoms with Gasteiger partial charge in [-0.1, -0.05) is 5.16 Å². The average Bonchev–Trinajstić information content (AvgIpc) is 2.95. The van der Waals surface area contributed by atoms with Gasteiger partial charge in [0.1, 0.15) is 0 Å². The highest BCUT2D eigenvalue weighted by Gasteiger charge is 2.10. The highest BCUT2D eigenvalue weighted by atomic mass is 16.5. The van der Waals surface area contributed by atoms with E-state index in [2.05, 4.69) is 32.3 Å². The molecule has 0 saturated heterocycles. The van der Waals surface area contributed by atoms with Crippen LogP contribution < -0.4 is 5.32 Å². The Kier molecular flexibility index (Phi) is 3.31. The van der Waals surface area contributed by atoms with Crippen LogP contribution in [0.5, 0.6) is 0 Å². The number of H-pyrrole nitrogens is 1. The highest BCUT2D eigenvalue weighted by molar-refractivity contribution is 5.40. The summed E-state index contributed by atoms with van der Waals surface area (Å²) in [6.45, 7) is 2.11. The average molecular weight is 221 g/mol. The second-order valence-corrected chi connectivity index (χ2v) is 3.68. The highest BCUT2D eigenvalue weighted by Crippen LogP contribution is 2.11. The monoisotopic (exact) mass is 221 g/mol. The van der Waals surface area contributed by atoms with Gasteiger partial charge in [0.2, 0.25) is 11.7 Å². The van der Waals surface area contributed by atoms with Crippen LogP contribution in [0.1, 0.15) is 19.2 Å². The van der Waals surface area contributed by atoms with Gasteiger partial charge in [-0.25, -0.2) is 4.98 Å². The van der Waals surface area contributed by atoms with Gasteiger partial charge in [-0.2, -0.15) is 4.98 Å². The van der Waals surface area contributed by atoms with E-state index < -0.39 is 0 Å². The summed E-state index contributed by atoms with van der Waals surface area (Å²) in [7, 11) is 1.94. The molecule has 0 aliphatic rings. The standard InChI is InChI=1S/C10H15N5O/c1-7(11-2)3-4-8-14-10(15-16-8)9-12-5-6-13-9/h5-7,11H,3-4H2,1-2H3,(H,12,13). The van der Waals surface area contributed by atoms with E-state index in [1.807, 2.05) is 7.05 Å². The third kappa shape index (κ3) is 2.46. The molecular formula is C10H15N5O. The van der Waals surface area contributed by atoms with Gasteiger partial charge in [-0.3, -0.25) is 0 Å². The number of hydrogen-bond acceptors (Lipinski definition) is 5. The predicted molar refractivity (Wildman–Crippen MR) is 58.7 cm³/mol. The Morgan fingerprint density at radius 3 is 3.12 bits per heavy atom. The Bertz CT molecular complexity index is 422. The number of aromatic nitrogens is 4. The summed E-state index contributed by atoms with van der Waals surface area (Å²) in [5.41, 5.74) is 0. The zero-order valence-corrected chi connectivity index (χ0v) is 9.40. The molecule has 2 N–H and O–H groups in total. The van der Waals surface area contributed by atoms with Crippen molar-refractivity contribution in [3.8, 4) is 11.6 Å². The molecule has 6 nitrogen and oxygen atoms in total. The van der Waals surface area contributed by atoms with Crippen LogP contribution in [0.4, 0.5) is 0 Å². The molecule has 0 aromatic carbocycles. The van der Waals surface area contributed by atoms with Gasteiger partial charge < -0.3 is 14.8 Å².